The van der Waals surface area contributed by atoms with Gasteiger partial charge in [0.1, 0.15) is 11.5 Å². The fourth-order valence-corrected chi connectivity index (χ4v) is 2.99. The van der Waals surface area contributed by atoms with Gasteiger partial charge in [0.25, 0.3) is 0 Å². The maximum atomic E-state index is 11.9. The van der Waals surface area contributed by atoms with Crippen molar-refractivity contribution >= 4 is 39.7 Å². The van der Waals surface area contributed by atoms with E-state index in [2.05, 4.69) is 0 Å². The van der Waals surface area contributed by atoms with Crippen LogP contribution in [-0.4, -0.2) is 5.97 Å². The van der Waals surface area contributed by atoms with Crippen LogP contribution in [0.25, 0.3) is 10.8 Å². The van der Waals surface area contributed by atoms with Crippen LogP contribution < -0.4 is 0 Å². The van der Waals surface area contributed by atoms with E-state index in [9.17, 15) is 4.79 Å². The van der Waals surface area contributed by atoms with Crippen LogP contribution in [0.1, 0.15) is 15.2 Å². The van der Waals surface area contributed by atoms with Crippen LogP contribution in [0.4, 0.5) is 0 Å². The fourth-order valence-electron chi connectivity index (χ4n) is 2.06. The number of esters is 1. The van der Waals surface area contributed by atoms with Crippen molar-refractivity contribution in [3.8, 4) is 0 Å². The molecule has 2 nitrogen and oxygen atoms in total. The van der Waals surface area contributed by atoms with E-state index in [1.54, 1.807) is 12.1 Å². The monoisotopic (exact) mass is 302 g/mol. The number of carbonyl (C=O) groups is 1. The second-order valence-corrected chi connectivity index (χ2v) is 6.03. The molecule has 0 spiro atoms. The predicted molar refractivity (Wildman–Crippen MR) is 82.4 cm³/mol. The Bertz CT molecular complexity index is 759. The van der Waals surface area contributed by atoms with Crippen molar-refractivity contribution in [2.24, 2.45) is 0 Å². The van der Waals surface area contributed by atoms with E-state index in [4.69, 9.17) is 16.3 Å². The quantitative estimate of drug-likeness (QED) is 0.642. The first kappa shape index (κ1) is 13.2. The largest absolute Gasteiger partial charge is 0.457 e. The summed E-state index contributed by atoms with van der Waals surface area (Å²) in [5.41, 5.74) is 0.999. The van der Waals surface area contributed by atoms with E-state index in [1.807, 2.05) is 42.5 Å². The number of thiophene rings is 1. The number of rotatable bonds is 3. The van der Waals surface area contributed by atoms with Gasteiger partial charge in [0.15, 0.2) is 0 Å². The molecule has 0 radical (unpaired) electrons. The number of ether oxygens (including phenoxy) is 1. The second-order valence-electron chi connectivity index (χ2n) is 4.32. The molecule has 3 rings (SSSR count). The zero-order chi connectivity index (χ0) is 13.9. The van der Waals surface area contributed by atoms with Gasteiger partial charge in [-0.15, -0.1) is 11.3 Å². The van der Waals surface area contributed by atoms with Crippen LogP contribution in [0.15, 0.2) is 54.6 Å². The minimum absolute atomic E-state index is 0.260. The Labute approximate surface area is 125 Å². The summed E-state index contributed by atoms with van der Waals surface area (Å²) in [6, 6.07) is 17.4. The van der Waals surface area contributed by atoms with Crippen molar-refractivity contribution in [1.82, 2.24) is 0 Å². The van der Waals surface area contributed by atoms with Crippen molar-refractivity contribution in [1.29, 1.82) is 0 Å². The van der Waals surface area contributed by atoms with Gasteiger partial charge >= 0.3 is 5.97 Å². The Kier molecular flexibility index (Phi) is 3.72. The summed E-state index contributed by atoms with van der Waals surface area (Å²) in [7, 11) is 0. The Hall–Kier alpha value is -1.84. The highest BCUT2D eigenvalue weighted by atomic mass is 35.5. The average Bonchev–Trinajstić information content (AvgIpc) is 2.91. The molecular weight excluding hydrogens is 292 g/mol. The third kappa shape index (κ3) is 2.69. The number of halogens is 1. The van der Waals surface area contributed by atoms with Crippen molar-refractivity contribution in [2.45, 2.75) is 6.61 Å². The topological polar surface area (TPSA) is 26.3 Å². The summed E-state index contributed by atoms with van der Waals surface area (Å²) in [5, 5.41) is 2.24. The molecule has 0 aliphatic carbocycles. The van der Waals surface area contributed by atoms with Crippen LogP contribution in [0, 0.1) is 0 Å². The van der Waals surface area contributed by atoms with Gasteiger partial charge in [-0.25, -0.2) is 4.79 Å². The van der Waals surface area contributed by atoms with Crippen LogP contribution in [0.5, 0.6) is 0 Å². The van der Waals surface area contributed by atoms with E-state index in [1.165, 1.54) is 11.3 Å². The molecule has 0 saturated carbocycles. The van der Waals surface area contributed by atoms with E-state index in [0.29, 0.717) is 9.21 Å². The van der Waals surface area contributed by atoms with Crippen LogP contribution in [0.3, 0.4) is 0 Å². The van der Waals surface area contributed by atoms with Crippen molar-refractivity contribution in [3.05, 3.63) is 69.4 Å². The van der Waals surface area contributed by atoms with Gasteiger partial charge in [0, 0.05) is 0 Å². The second kappa shape index (κ2) is 5.65. The molecule has 0 amide bonds. The molecule has 20 heavy (non-hydrogen) atoms. The lowest BCUT2D eigenvalue weighted by Crippen LogP contribution is -2.03. The molecule has 0 aliphatic heterocycles. The molecule has 100 valence electrons. The van der Waals surface area contributed by atoms with E-state index in [-0.39, 0.29) is 12.6 Å². The molecule has 0 unspecified atom stereocenters. The average molecular weight is 303 g/mol. The van der Waals surface area contributed by atoms with Crippen LogP contribution in [0.2, 0.25) is 4.34 Å². The summed E-state index contributed by atoms with van der Waals surface area (Å²) in [6.07, 6.45) is 0. The molecule has 0 saturated heterocycles. The zero-order valence-electron chi connectivity index (χ0n) is 10.5. The number of carbonyl (C=O) groups excluding carboxylic acids is 1. The Morgan fingerprint density at radius 3 is 2.65 bits per heavy atom. The smallest absolute Gasteiger partial charge is 0.348 e. The molecule has 2 aromatic carbocycles. The van der Waals surface area contributed by atoms with Gasteiger partial charge in [-0.05, 0) is 28.5 Å². The van der Waals surface area contributed by atoms with E-state index < -0.39 is 0 Å². The number of benzene rings is 2. The minimum Gasteiger partial charge on any atom is -0.457 e. The van der Waals surface area contributed by atoms with Gasteiger partial charge in [-0.3, -0.25) is 0 Å². The van der Waals surface area contributed by atoms with Crippen LogP contribution >= 0.6 is 22.9 Å². The summed E-state index contributed by atoms with van der Waals surface area (Å²) in [5.74, 6) is -0.338. The summed E-state index contributed by atoms with van der Waals surface area (Å²) >= 11 is 7.04. The first-order chi connectivity index (χ1) is 9.74. The first-order valence-electron chi connectivity index (χ1n) is 6.13. The third-order valence-corrected chi connectivity index (χ3v) is 4.22. The molecule has 0 atom stereocenters. The highest BCUT2D eigenvalue weighted by molar-refractivity contribution is 7.17. The zero-order valence-corrected chi connectivity index (χ0v) is 12.1. The molecule has 0 fully saturated rings. The molecule has 1 aromatic heterocycles. The molecule has 3 aromatic rings. The number of hydrogen-bond acceptors (Lipinski definition) is 3. The number of fused-ring (bicyclic) bond motifs is 1. The van der Waals surface area contributed by atoms with Crippen molar-refractivity contribution in [2.75, 3.05) is 0 Å². The highest BCUT2D eigenvalue weighted by Crippen LogP contribution is 2.23. The van der Waals surface area contributed by atoms with Gasteiger partial charge < -0.3 is 4.74 Å². The van der Waals surface area contributed by atoms with E-state index >= 15 is 0 Å². The summed E-state index contributed by atoms with van der Waals surface area (Å²) in [4.78, 5) is 12.4. The first-order valence-corrected chi connectivity index (χ1v) is 7.32. The van der Waals surface area contributed by atoms with Gasteiger partial charge in [-0.1, -0.05) is 54.1 Å². The standard InChI is InChI=1S/C16H11ClO2S/c17-15-9-8-14(20-15)16(18)19-10-12-6-3-5-11-4-1-2-7-13(11)12/h1-9H,10H2. The summed E-state index contributed by atoms with van der Waals surface area (Å²) < 4.78 is 5.93. The Balaban J connectivity index is 1.79. The minimum atomic E-state index is -0.338. The van der Waals surface area contributed by atoms with E-state index in [0.717, 1.165) is 16.3 Å². The normalized spacial score (nSPS) is 10.7. The van der Waals surface area contributed by atoms with Crippen molar-refractivity contribution in [3.63, 3.8) is 0 Å². The molecule has 0 N–H and O–H groups in total. The third-order valence-electron chi connectivity index (χ3n) is 3.01. The van der Waals surface area contributed by atoms with Crippen molar-refractivity contribution < 1.29 is 9.53 Å². The maximum absolute atomic E-state index is 11.9. The molecule has 0 aliphatic rings. The molecule has 0 bridgehead atoms. The fraction of sp³-hybridized carbons (Fsp3) is 0.0625. The number of hydrogen-bond donors (Lipinski definition) is 0. The lowest BCUT2D eigenvalue weighted by molar-refractivity contribution is 0.0480. The molecular formula is C16H11ClO2S. The SMILES string of the molecule is O=C(OCc1cccc2ccccc12)c1ccc(Cl)s1. The Morgan fingerprint density at radius 1 is 1.05 bits per heavy atom. The van der Waals surface area contributed by atoms with Gasteiger partial charge in [0.2, 0.25) is 0 Å². The lowest BCUT2D eigenvalue weighted by Gasteiger charge is -2.07. The van der Waals surface area contributed by atoms with Crippen LogP contribution in [-0.2, 0) is 11.3 Å². The Morgan fingerprint density at radius 2 is 1.85 bits per heavy atom. The molecule has 1 heterocycles. The highest BCUT2D eigenvalue weighted by Gasteiger charge is 2.11. The molecule has 4 heteroatoms. The predicted octanol–water partition coefficient (Wildman–Crippen LogP) is 4.91. The summed E-state index contributed by atoms with van der Waals surface area (Å²) in [6.45, 7) is 0.260. The maximum Gasteiger partial charge on any atom is 0.348 e. The van der Waals surface area contributed by atoms with Gasteiger partial charge in [-0.2, -0.15) is 0 Å². The van der Waals surface area contributed by atoms with Gasteiger partial charge in [0.05, 0.1) is 4.34 Å². The lowest BCUT2D eigenvalue weighted by atomic mass is 10.1.